The van der Waals surface area contributed by atoms with E-state index in [1.54, 1.807) is 11.0 Å². The number of halogens is 1. The van der Waals surface area contributed by atoms with E-state index in [4.69, 9.17) is 16.0 Å². The van der Waals surface area contributed by atoms with Crippen LogP contribution >= 0.6 is 11.6 Å². The standard InChI is InChI=1S/C17H21ClN4O2/c1-12-5-6-14(24-12)11-21(2)17(23)13-4-3-9-22(10-13)16-8-7-15(18)19-20-16/h5-8,13H,3-4,9-11H2,1-2H3/t13-/m1/s1. The van der Waals surface area contributed by atoms with Gasteiger partial charge in [0.15, 0.2) is 11.0 Å². The molecule has 7 heteroatoms. The number of aryl methyl sites for hydroxylation is 1. The van der Waals surface area contributed by atoms with E-state index in [1.165, 1.54) is 0 Å². The molecule has 0 N–H and O–H groups in total. The Kier molecular flexibility index (Phi) is 5.04. The molecule has 0 radical (unpaired) electrons. The van der Waals surface area contributed by atoms with E-state index < -0.39 is 0 Å². The average Bonchev–Trinajstić information content (AvgIpc) is 3.00. The fraction of sp³-hybridized carbons (Fsp3) is 0.471. The minimum atomic E-state index is -0.0442. The van der Waals surface area contributed by atoms with Crippen LogP contribution in [-0.2, 0) is 11.3 Å². The lowest BCUT2D eigenvalue weighted by molar-refractivity contribution is -0.135. The summed E-state index contributed by atoms with van der Waals surface area (Å²) in [5.41, 5.74) is 0. The molecule has 0 bridgehead atoms. The SMILES string of the molecule is Cc1ccc(CN(C)C(=O)[C@@H]2CCCN(c3ccc(Cl)nn3)C2)o1. The molecule has 2 aromatic heterocycles. The Morgan fingerprint density at radius 3 is 2.88 bits per heavy atom. The number of amides is 1. The number of hydrogen-bond donors (Lipinski definition) is 0. The van der Waals surface area contributed by atoms with Gasteiger partial charge in [-0.3, -0.25) is 4.79 Å². The van der Waals surface area contributed by atoms with Crippen molar-refractivity contribution in [1.29, 1.82) is 0 Å². The lowest BCUT2D eigenvalue weighted by Crippen LogP contribution is -2.43. The second kappa shape index (κ2) is 7.21. The zero-order valence-electron chi connectivity index (χ0n) is 13.9. The van der Waals surface area contributed by atoms with E-state index in [0.29, 0.717) is 18.2 Å². The molecule has 0 spiro atoms. The zero-order valence-corrected chi connectivity index (χ0v) is 14.7. The van der Waals surface area contributed by atoms with Crippen molar-refractivity contribution in [1.82, 2.24) is 15.1 Å². The molecule has 1 amide bonds. The predicted molar refractivity (Wildman–Crippen MR) is 91.9 cm³/mol. The first-order valence-corrected chi connectivity index (χ1v) is 8.45. The van der Waals surface area contributed by atoms with Crippen LogP contribution in [-0.4, -0.2) is 41.1 Å². The molecule has 1 aliphatic rings. The van der Waals surface area contributed by atoms with Crippen molar-refractivity contribution >= 4 is 23.3 Å². The van der Waals surface area contributed by atoms with Gasteiger partial charge >= 0.3 is 0 Å². The summed E-state index contributed by atoms with van der Waals surface area (Å²) in [6, 6.07) is 7.39. The lowest BCUT2D eigenvalue weighted by atomic mass is 9.96. The monoisotopic (exact) mass is 348 g/mol. The highest BCUT2D eigenvalue weighted by molar-refractivity contribution is 6.29. The van der Waals surface area contributed by atoms with Crippen LogP contribution in [0.25, 0.3) is 0 Å². The van der Waals surface area contributed by atoms with Gasteiger partial charge < -0.3 is 14.2 Å². The van der Waals surface area contributed by atoms with Gasteiger partial charge in [-0.2, -0.15) is 0 Å². The quantitative estimate of drug-likeness (QED) is 0.850. The molecule has 1 atom stereocenters. The largest absolute Gasteiger partial charge is 0.464 e. The summed E-state index contributed by atoms with van der Waals surface area (Å²) in [5.74, 6) is 2.52. The highest BCUT2D eigenvalue weighted by atomic mass is 35.5. The fourth-order valence-electron chi connectivity index (χ4n) is 3.06. The van der Waals surface area contributed by atoms with E-state index in [9.17, 15) is 4.79 Å². The highest BCUT2D eigenvalue weighted by Crippen LogP contribution is 2.23. The van der Waals surface area contributed by atoms with E-state index in [-0.39, 0.29) is 11.8 Å². The van der Waals surface area contributed by atoms with Crippen molar-refractivity contribution in [3.63, 3.8) is 0 Å². The summed E-state index contributed by atoms with van der Waals surface area (Å²) in [5, 5.41) is 8.37. The van der Waals surface area contributed by atoms with Gasteiger partial charge in [0, 0.05) is 20.1 Å². The molecule has 1 aliphatic heterocycles. The van der Waals surface area contributed by atoms with E-state index >= 15 is 0 Å². The first-order chi connectivity index (χ1) is 11.5. The van der Waals surface area contributed by atoms with Crippen molar-refractivity contribution < 1.29 is 9.21 Å². The maximum absolute atomic E-state index is 12.7. The summed E-state index contributed by atoms with van der Waals surface area (Å²) in [7, 11) is 1.82. The van der Waals surface area contributed by atoms with Crippen LogP contribution in [0.15, 0.2) is 28.7 Å². The van der Waals surface area contributed by atoms with E-state index in [1.807, 2.05) is 32.2 Å². The van der Waals surface area contributed by atoms with Crippen molar-refractivity contribution in [2.75, 3.05) is 25.0 Å². The molecular formula is C17H21ClN4O2. The van der Waals surface area contributed by atoms with Crippen LogP contribution in [0.2, 0.25) is 5.15 Å². The first-order valence-electron chi connectivity index (χ1n) is 8.07. The van der Waals surface area contributed by atoms with Crippen LogP contribution in [0.5, 0.6) is 0 Å². The Bertz CT molecular complexity index is 701. The molecule has 0 aromatic carbocycles. The molecule has 3 rings (SSSR count). The van der Waals surface area contributed by atoms with Crippen molar-refractivity contribution in [2.24, 2.45) is 5.92 Å². The topological polar surface area (TPSA) is 62.5 Å². The van der Waals surface area contributed by atoms with Gasteiger partial charge in [0.05, 0.1) is 12.5 Å². The minimum absolute atomic E-state index is 0.0442. The first kappa shape index (κ1) is 16.8. The number of rotatable bonds is 4. The normalized spacial score (nSPS) is 17.8. The Morgan fingerprint density at radius 1 is 1.38 bits per heavy atom. The summed E-state index contributed by atoms with van der Waals surface area (Å²) in [6.07, 6.45) is 1.84. The summed E-state index contributed by atoms with van der Waals surface area (Å²) in [6.45, 7) is 3.92. The fourth-order valence-corrected chi connectivity index (χ4v) is 3.16. The maximum Gasteiger partial charge on any atom is 0.227 e. The number of hydrogen-bond acceptors (Lipinski definition) is 5. The molecule has 128 valence electrons. The van der Waals surface area contributed by atoms with Gasteiger partial charge in [0.2, 0.25) is 5.91 Å². The molecule has 0 aliphatic carbocycles. The molecule has 24 heavy (non-hydrogen) atoms. The van der Waals surface area contributed by atoms with Crippen molar-refractivity contribution in [3.8, 4) is 0 Å². The molecular weight excluding hydrogens is 328 g/mol. The third kappa shape index (κ3) is 3.87. The molecule has 6 nitrogen and oxygen atoms in total. The van der Waals surface area contributed by atoms with Crippen LogP contribution in [0.4, 0.5) is 5.82 Å². The number of furan rings is 1. The van der Waals surface area contributed by atoms with Gasteiger partial charge in [-0.1, -0.05) is 11.6 Å². The smallest absolute Gasteiger partial charge is 0.227 e. The number of nitrogens with zero attached hydrogens (tertiary/aromatic N) is 4. The zero-order chi connectivity index (χ0) is 17.1. The molecule has 1 fully saturated rings. The van der Waals surface area contributed by atoms with Crippen LogP contribution < -0.4 is 4.90 Å². The van der Waals surface area contributed by atoms with Gasteiger partial charge in [-0.15, -0.1) is 10.2 Å². The Morgan fingerprint density at radius 2 is 2.21 bits per heavy atom. The Hall–Kier alpha value is -2.08. The Labute approximate surface area is 146 Å². The van der Waals surface area contributed by atoms with E-state index in [0.717, 1.165) is 36.7 Å². The molecule has 0 saturated carbocycles. The number of anilines is 1. The number of carbonyl (C=O) groups is 1. The van der Waals surface area contributed by atoms with Gasteiger partial charge in [0.1, 0.15) is 11.5 Å². The van der Waals surface area contributed by atoms with Gasteiger partial charge in [-0.05, 0) is 44.0 Å². The van der Waals surface area contributed by atoms with Crippen molar-refractivity contribution in [3.05, 3.63) is 40.9 Å². The second-order valence-electron chi connectivity index (χ2n) is 6.21. The van der Waals surface area contributed by atoms with Crippen LogP contribution in [0.3, 0.4) is 0 Å². The highest BCUT2D eigenvalue weighted by Gasteiger charge is 2.29. The third-order valence-corrected chi connectivity index (χ3v) is 4.48. The molecule has 1 saturated heterocycles. The molecule has 2 aromatic rings. The predicted octanol–water partition coefficient (Wildman–Crippen LogP) is 2.91. The van der Waals surface area contributed by atoms with Crippen LogP contribution in [0, 0.1) is 12.8 Å². The van der Waals surface area contributed by atoms with Crippen molar-refractivity contribution in [2.45, 2.75) is 26.3 Å². The average molecular weight is 349 g/mol. The van der Waals surface area contributed by atoms with Gasteiger partial charge in [-0.25, -0.2) is 0 Å². The summed E-state index contributed by atoms with van der Waals surface area (Å²) in [4.78, 5) is 16.6. The summed E-state index contributed by atoms with van der Waals surface area (Å²) >= 11 is 5.79. The third-order valence-electron chi connectivity index (χ3n) is 4.28. The number of carbonyl (C=O) groups excluding carboxylic acids is 1. The summed E-state index contributed by atoms with van der Waals surface area (Å²) < 4.78 is 5.56. The lowest BCUT2D eigenvalue weighted by Gasteiger charge is -2.34. The molecule has 0 unspecified atom stereocenters. The second-order valence-corrected chi connectivity index (χ2v) is 6.59. The van der Waals surface area contributed by atoms with Crippen LogP contribution in [0.1, 0.15) is 24.4 Å². The van der Waals surface area contributed by atoms with Gasteiger partial charge in [0.25, 0.3) is 0 Å². The van der Waals surface area contributed by atoms with E-state index in [2.05, 4.69) is 15.1 Å². The minimum Gasteiger partial charge on any atom is -0.464 e. The molecule has 3 heterocycles. The number of piperidine rings is 1. The Balaban J connectivity index is 1.63. The maximum atomic E-state index is 12.7. The number of aromatic nitrogens is 2.